The monoisotopic (exact) mass is 398 g/mol. The summed E-state index contributed by atoms with van der Waals surface area (Å²) in [7, 11) is 0. The van der Waals surface area contributed by atoms with Crippen molar-refractivity contribution in [1.29, 1.82) is 0 Å². The molecule has 6 nitrogen and oxygen atoms in total. The summed E-state index contributed by atoms with van der Waals surface area (Å²) in [5, 5.41) is 10.8. The molecule has 0 bridgehead atoms. The molecule has 0 N–H and O–H groups in total. The average Bonchev–Trinajstić information content (AvgIpc) is 2.63. The Morgan fingerprint density at radius 2 is 1.92 bits per heavy atom. The zero-order valence-corrected chi connectivity index (χ0v) is 14.6. The molecule has 25 heavy (non-hydrogen) atoms. The number of non-ortho nitro benzene ring substituents is 1. The van der Waals surface area contributed by atoms with E-state index in [4.69, 9.17) is 0 Å². The van der Waals surface area contributed by atoms with Crippen molar-refractivity contribution in [3.8, 4) is 11.3 Å². The third kappa shape index (κ3) is 4.13. The average molecular weight is 399 g/mol. The third-order valence-electron chi connectivity index (χ3n) is 3.61. The van der Waals surface area contributed by atoms with Crippen LogP contribution in [0.15, 0.2) is 71.6 Å². The summed E-state index contributed by atoms with van der Waals surface area (Å²) < 4.78 is 2.63. The van der Waals surface area contributed by atoms with Gasteiger partial charge < -0.3 is 0 Å². The van der Waals surface area contributed by atoms with Gasteiger partial charge in [0.05, 0.1) is 11.1 Å². The van der Waals surface area contributed by atoms with E-state index in [0.717, 1.165) is 15.7 Å². The molecule has 0 fully saturated rings. The highest BCUT2D eigenvalue weighted by Crippen LogP contribution is 2.18. The van der Waals surface area contributed by atoms with Crippen LogP contribution >= 0.6 is 15.9 Å². The van der Waals surface area contributed by atoms with E-state index in [1.54, 1.807) is 23.2 Å². The highest BCUT2D eigenvalue weighted by Gasteiger charge is 2.14. The van der Waals surface area contributed by atoms with E-state index in [1.165, 1.54) is 18.2 Å². The highest BCUT2D eigenvalue weighted by atomic mass is 79.9. The maximum Gasteiger partial charge on any atom is 0.287 e. The lowest BCUT2D eigenvalue weighted by molar-refractivity contribution is -0.686. The summed E-state index contributed by atoms with van der Waals surface area (Å²) in [6.45, 7) is 0.0643. The Balaban J connectivity index is 1.75. The lowest BCUT2D eigenvalue weighted by atomic mass is 10.1. The van der Waals surface area contributed by atoms with Gasteiger partial charge in [-0.05, 0) is 29.2 Å². The van der Waals surface area contributed by atoms with E-state index in [2.05, 4.69) is 20.9 Å². The molecule has 2 aromatic carbocycles. The first-order valence-corrected chi connectivity index (χ1v) is 8.21. The number of nitrogens with zero attached hydrogens (tertiary/aromatic N) is 3. The summed E-state index contributed by atoms with van der Waals surface area (Å²) in [5.41, 5.74) is 1.98. The molecule has 0 aliphatic carbocycles. The summed E-state index contributed by atoms with van der Waals surface area (Å²) in [6, 6.07) is 15.3. The topological polar surface area (TPSA) is 77.0 Å². The first-order valence-electron chi connectivity index (χ1n) is 7.41. The second-order valence-corrected chi connectivity index (χ2v) is 6.27. The predicted octanol–water partition coefficient (Wildman–Crippen LogP) is 3.59. The number of nitro groups is 1. The van der Waals surface area contributed by atoms with Gasteiger partial charge in [0.2, 0.25) is 5.78 Å². The van der Waals surface area contributed by atoms with Crippen LogP contribution in [0, 0.1) is 10.1 Å². The normalized spacial score (nSPS) is 10.4. The summed E-state index contributed by atoms with van der Waals surface area (Å²) in [5.74, 6) is -0.216. The van der Waals surface area contributed by atoms with E-state index in [-0.39, 0.29) is 18.0 Å². The Morgan fingerprint density at radius 1 is 1.16 bits per heavy atom. The van der Waals surface area contributed by atoms with E-state index in [9.17, 15) is 14.9 Å². The van der Waals surface area contributed by atoms with Crippen LogP contribution in [0.3, 0.4) is 0 Å². The number of nitro benzene ring substituents is 1. The lowest BCUT2D eigenvalue weighted by Gasteiger charge is -2.01. The third-order valence-corrected chi connectivity index (χ3v) is 4.14. The molecule has 0 aliphatic rings. The maximum absolute atomic E-state index is 12.3. The SMILES string of the molecule is O=C(C[n+]1ccc(-c2ccc(Br)cc2)nc1)c1cccc([N+](=O)[O-])c1. The van der Waals surface area contributed by atoms with E-state index >= 15 is 0 Å². The molecule has 1 heterocycles. The van der Waals surface area contributed by atoms with Crippen molar-refractivity contribution < 1.29 is 14.3 Å². The van der Waals surface area contributed by atoms with Crippen LogP contribution in [-0.2, 0) is 6.54 Å². The summed E-state index contributed by atoms with van der Waals surface area (Å²) in [6.07, 6.45) is 3.34. The molecule has 3 rings (SSSR count). The van der Waals surface area contributed by atoms with Gasteiger partial charge in [-0.15, -0.1) is 0 Å². The Kier molecular flexibility index (Phi) is 4.95. The fourth-order valence-corrected chi connectivity index (χ4v) is 2.58. The Labute approximate surface area is 152 Å². The van der Waals surface area contributed by atoms with Gasteiger partial charge in [-0.1, -0.05) is 28.1 Å². The molecular weight excluding hydrogens is 386 g/mol. The van der Waals surface area contributed by atoms with Crippen LogP contribution in [-0.4, -0.2) is 15.7 Å². The molecule has 3 aromatic rings. The highest BCUT2D eigenvalue weighted by molar-refractivity contribution is 9.10. The van der Waals surface area contributed by atoms with Crippen LogP contribution in [0.25, 0.3) is 11.3 Å². The molecule has 0 saturated heterocycles. The number of ketones is 1. The zero-order valence-electron chi connectivity index (χ0n) is 13.0. The van der Waals surface area contributed by atoms with Crippen molar-refractivity contribution in [1.82, 2.24) is 4.98 Å². The van der Waals surface area contributed by atoms with Crippen LogP contribution in [0.4, 0.5) is 5.69 Å². The second kappa shape index (κ2) is 7.31. The smallest absolute Gasteiger partial charge is 0.287 e. The van der Waals surface area contributed by atoms with Crippen LogP contribution in [0.2, 0.25) is 0 Å². The van der Waals surface area contributed by atoms with Gasteiger partial charge in [-0.2, -0.15) is 0 Å². The van der Waals surface area contributed by atoms with Gasteiger partial charge in [0.1, 0.15) is 0 Å². The molecular formula is C18H13BrN3O3+. The fraction of sp³-hybridized carbons (Fsp3) is 0.0556. The number of rotatable bonds is 5. The summed E-state index contributed by atoms with van der Waals surface area (Å²) in [4.78, 5) is 27.0. The van der Waals surface area contributed by atoms with Crippen molar-refractivity contribution in [2.24, 2.45) is 0 Å². The molecule has 0 radical (unpaired) electrons. The standard InChI is InChI=1S/C18H13BrN3O3/c19-15-6-4-13(5-7-15)17-8-9-21(12-20-17)11-18(23)14-2-1-3-16(10-14)22(24)25/h1-10,12H,11H2/q+1. The van der Waals surface area contributed by atoms with Crippen molar-refractivity contribution in [2.45, 2.75) is 6.54 Å². The molecule has 0 spiro atoms. The van der Waals surface area contributed by atoms with E-state index in [0.29, 0.717) is 5.56 Å². The van der Waals surface area contributed by atoms with Gasteiger partial charge >= 0.3 is 0 Å². The molecule has 0 atom stereocenters. The second-order valence-electron chi connectivity index (χ2n) is 5.36. The number of carbonyl (C=O) groups is 1. The minimum absolute atomic E-state index is 0.0643. The fourth-order valence-electron chi connectivity index (χ4n) is 2.32. The predicted molar refractivity (Wildman–Crippen MR) is 95.0 cm³/mol. The minimum atomic E-state index is -0.515. The number of carbonyl (C=O) groups excluding carboxylic acids is 1. The van der Waals surface area contributed by atoms with Gasteiger partial charge in [0.15, 0.2) is 12.2 Å². The molecule has 0 aliphatic heterocycles. The van der Waals surface area contributed by atoms with Gasteiger partial charge in [-0.25, -0.2) is 4.57 Å². The minimum Gasteiger partial charge on any atom is -0.290 e. The lowest BCUT2D eigenvalue weighted by Crippen LogP contribution is -2.37. The molecule has 0 saturated carbocycles. The van der Waals surface area contributed by atoms with Crippen molar-refractivity contribution in [2.75, 3.05) is 0 Å². The number of Topliss-reactive ketones (excluding diaryl/α,β-unsaturated/α-hetero) is 1. The quantitative estimate of drug-likeness (QED) is 0.284. The van der Waals surface area contributed by atoms with E-state index < -0.39 is 4.92 Å². The number of benzene rings is 2. The van der Waals surface area contributed by atoms with Gasteiger partial charge in [0, 0.05) is 33.8 Å². The van der Waals surface area contributed by atoms with Crippen LogP contribution in [0.1, 0.15) is 10.4 Å². The Hall–Kier alpha value is -2.93. The molecule has 0 amide bonds. The van der Waals surface area contributed by atoms with Crippen molar-refractivity contribution >= 4 is 27.4 Å². The molecule has 124 valence electrons. The first-order chi connectivity index (χ1) is 12.0. The van der Waals surface area contributed by atoms with Crippen molar-refractivity contribution in [3.05, 3.63) is 87.3 Å². The number of hydrogen-bond acceptors (Lipinski definition) is 4. The zero-order chi connectivity index (χ0) is 17.8. The molecule has 0 unspecified atom stereocenters. The molecule has 7 heteroatoms. The van der Waals surface area contributed by atoms with Crippen molar-refractivity contribution in [3.63, 3.8) is 0 Å². The maximum atomic E-state index is 12.3. The Morgan fingerprint density at radius 3 is 2.56 bits per heavy atom. The van der Waals surface area contributed by atoms with E-state index in [1.807, 2.05) is 30.3 Å². The Bertz CT molecular complexity index is 925. The first kappa shape index (κ1) is 16.9. The van der Waals surface area contributed by atoms with Crippen LogP contribution < -0.4 is 4.57 Å². The van der Waals surface area contributed by atoms with Gasteiger partial charge in [0.25, 0.3) is 12.0 Å². The summed E-state index contributed by atoms with van der Waals surface area (Å²) >= 11 is 3.39. The largest absolute Gasteiger partial charge is 0.290 e. The van der Waals surface area contributed by atoms with Gasteiger partial charge in [-0.3, -0.25) is 14.9 Å². The molecule has 1 aromatic heterocycles. The number of aromatic nitrogens is 2. The number of hydrogen-bond donors (Lipinski definition) is 0. The van der Waals surface area contributed by atoms with Crippen LogP contribution in [0.5, 0.6) is 0 Å². The number of halogens is 1.